The van der Waals surface area contributed by atoms with Gasteiger partial charge in [0.1, 0.15) is 17.9 Å². The van der Waals surface area contributed by atoms with E-state index in [2.05, 4.69) is 21.7 Å². The second kappa shape index (κ2) is 6.19. The summed E-state index contributed by atoms with van der Waals surface area (Å²) < 4.78 is 0. The van der Waals surface area contributed by atoms with Gasteiger partial charge in [-0.05, 0) is 46.2 Å². The second-order valence-electron chi connectivity index (χ2n) is 4.95. The lowest BCUT2D eigenvalue weighted by atomic mass is 10.1. The van der Waals surface area contributed by atoms with Crippen LogP contribution in [0.1, 0.15) is 37.6 Å². The number of aromatic nitrogens is 1. The molecule has 0 aliphatic heterocycles. The summed E-state index contributed by atoms with van der Waals surface area (Å²) in [7, 11) is 0. The van der Waals surface area contributed by atoms with Crippen molar-refractivity contribution >= 4 is 11.7 Å². The molecule has 102 valence electrons. The highest BCUT2D eigenvalue weighted by molar-refractivity contribution is 5.84. The molecule has 0 saturated carbocycles. The summed E-state index contributed by atoms with van der Waals surface area (Å²) in [4.78, 5) is 16.1. The number of hydrogen-bond acceptors (Lipinski definition) is 4. The van der Waals surface area contributed by atoms with Crippen molar-refractivity contribution in [1.29, 1.82) is 5.26 Å². The smallest absolute Gasteiger partial charge is 0.242 e. The molecule has 0 fully saturated rings. The van der Waals surface area contributed by atoms with Crippen molar-refractivity contribution < 1.29 is 4.79 Å². The van der Waals surface area contributed by atoms with Crippen molar-refractivity contribution in [3.63, 3.8) is 0 Å². The summed E-state index contributed by atoms with van der Waals surface area (Å²) in [5, 5.41) is 15.0. The maximum Gasteiger partial charge on any atom is 0.242 e. The van der Waals surface area contributed by atoms with Crippen molar-refractivity contribution in [2.75, 3.05) is 5.32 Å². The minimum atomic E-state index is -0.441. The van der Waals surface area contributed by atoms with Gasteiger partial charge in [0.05, 0.1) is 5.56 Å². The van der Waals surface area contributed by atoms with Crippen LogP contribution < -0.4 is 10.6 Å². The third-order valence-corrected chi connectivity index (χ3v) is 2.63. The van der Waals surface area contributed by atoms with Crippen LogP contribution in [0.4, 0.5) is 5.82 Å². The van der Waals surface area contributed by atoms with Crippen LogP contribution in [0.25, 0.3) is 0 Å². The average Bonchev–Trinajstić information content (AvgIpc) is 2.27. The summed E-state index contributed by atoms with van der Waals surface area (Å²) in [5.41, 5.74) is 2.15. The fourth-order valence-electron chi connectivity index (χ4n) is 1.76. The number of nitriles is 1. The summed E-state index contributed by atoms with van der Waals surface area (Å²) in [5.74, 6) is 0.353. The standard InChI is InChI=1S/C14H20N4O/c1-8(2)16-14(19)11(5)18-13-12(7-15)9(3)6-10(4)17-13/h6,8,11H,1-5H3,(H,16,19)(H,17,18). The lowest BCUT2D eigenvalue weighted by Crippen LogP contribution is -2.41. The van der Waals surface area contributed by atoms with Gasteiger partial charge >= 0.3 is 0 Å². The summed E-state index contributed by atoms with van der Waals surface area (Å²) in [6.45, 7) is 9.27. The van der Waals surface area contributed by atoms with Gasteiger partial charge in [0.2, 0.25) is 5.91 Å². The van der Waals surface area contributed by atoms with Crippen LogP contribution in [0, 0.1) is 25.2 Å². The minimum absolute atomic E-state index is 0.0828. The van der Waals surface area contributed by atoms with Crippen LogP contribution >= 0.6 is 0 Å². The first-order valence-corrected chi connectivity index (χ1v) is 6.30. The molecule has 1 heterocycles. The molecule has 0 radical (unpaired) electrons. The Balaban J connectivity index is 2.94. The summed E-state index contributed by atoms with van der Waals surface area (Å²) in [6, 6.07) is 3.61. The maximum atomic E-state index is 11.8. The molecular formula is C14H20N4O. The molecule has 0 aliphatic carbocycles. The van der Waals surface area contributed by atoms with Gasteiger partial charge in [0, 0.05) is 11.7 Å². The molecule has 0 saturated heterocycles. The highest BCUT2D eigenvalue weighted by Gasteiger charge is 2.17. The third-order valence-electron chi connectivity index (χ3n) is 2.63. The lowest BCUT2D eigenvalue weighted by molar-refractivity contribution is -0.122. The number of carbonyl (C=O) groups excluding carboxylic acids is 1. The van der Waals surface area contributed by atoms with Gasteiger partial charge in [-0.25, -0.2) is 4.98 Å². The van der Waals surface area contributed by atoms with Gasteiger partial charge in [-0.15, -0.1) is 0 Å². The summed E-state index contributed by atoms with van der Waals surface area (Å²) in [6.07, 6.45) is 0. The number of nitrogens with one attached hydrogen (secondary N) is 2. The summed E-state index contributed by atoms with van der Waals surface area (Å²) >= 11 is 0. The number of carbonyl (C=O) groups is 1. The first-order valence-electron chi connectivity index (χ1n) is 6.30. The van der Waals surface area contributed by atoms with Gasteiger partial charge in [-0.1, -0.05) is 0 Å². The second-order valence-corrected chi connectivity index (χ2v) is 4.95. The Morgan fingerprint density at radius 3 is 2.53 bits per heavy atom. The SMILES string of the molecule is Cc1cc(C)c(C#N)c(NC(C)C(=O)NC(C)C)n1. The highest BCUT2D eigenvalue weighted by Crippen LogP contribution is 2.18. The number of pyridine rings is 1. The molecule has 1 aromatic heterocycles. The van der Waals surface area contributed by atoms with Crippen molar-refractivity contribution in [2.24, 2.45) is 0 Å². The Labute approximate surface area is 114 Å². The molecular weight excluding hydrogens is 240 g/mol. The molecule has 1 amide bonds. The first kappa shape index (κ1) is 15.0. The Hall–Kier alpha value is -2.09. The van der Waals surface area contributed by atoms with Gasteiger partial charge in [0.15, 0.2) is 0 Å². The predicted octanol–water partition coefficient (Wildman–Crippen LogP) is 1.90. The topological polar surface area (TPSA) is 77.8 Å². The lowest BCUT2D eigenvalue weighted by Gasteiger charge is -2.18. The number of hydrogen-bond donors (Lipinski definition) is 2. The quantitative estimate of drug-likeness (QED) is 0.866. The van der Waals surface area contributed by atoms with Crippen LogP contribution in [-0.4, -0.2) is 23.0 Å². The van der Waals surface area contributed by atoms with Crippen molar-refractivity contribution in [3.05, 3.63) is 22.9 Å². The zero-order valence-electron chi connectivity index (χ0n) is 12.0. The van der Waals surface area contributed by atoms with Gasteiger partial charge in [-0.3, -0.25) is 4.79 Å². The van der Waals surface area contributed by atoms with Crippen LogP contribution in [0.5, 0.6) is 0 Å². The van der Waals surface area contributed by atoms with Gasteiger partial charge in [-0.2, -0.15) is 5.26 Å². The van der Waals surface area contributed by atoms with E-state index < -0.39 is 6.04 Å². The van der Waals surface area contributed by atoms with Crippen LogP contribution in [0.3, 0.4) is 0 Å². The largest absolute Gasteiger partial charge is 0.358 e. The number of anilines is 1. The Morgan fingerprint density at radius 1 is 1.37 bits per heavy atom. The van der Waals surface area contributed by atoms with E-state index in [0.717, 1.165) is 11.3 Å². The Kier molecular flexibility index (Phi) is 4.87. The van der Waals surface area contributed by atoms with Crippen LogP contribution in [-0.2, 0) is 4.79 Å². The molecule has 1 unspecified atom stereocenters. The van der Waals surface area contributed by atoms with Crippen molar-refractivity contribution in [3.8, 4) is 6.07 Å². The number of amides is 1. The van der Waals surface area contributed by atoms with E-state index >= 15 is 0 Å². The first-order chi connectivity index (χ1) is 8.85. The zero-order chi connectivity index (χ0) is 14.6. The predicted molar refractivity (Wildman–Crippen MR) is 74.8 cm³/mol. The maximum absolute atomic E-state index is 11.8. The van der Waals surface area contributed by atoms with Gasteiger partial charge < -0.3 is 10.6 Å². The third kappa shape index (κ3) is 3.95. The fourth-order valence-corrected chi connectivity index (χ4v) is 1.76. The van der Waals surface area contributed by atoms with Crippen molar-refractivity contribution in [1.82, 2.24) is 10.3 Å². The zero-order valence-corrected chi connectivity index (χ0v) is 12.0. The van der Waals surface area contributed by atoms with Crippen molar-refractivity contribution in [2.45, 2.75) is 46.7 Å². The molecule has 0 bridgehead atoms. The van der Waals surface area contributed by atoms with Crippen LogP contribution in [0.2, 0.25) is 0 Å². The van der Waals surface area contributed by atoms with E-state index in [0.29, 0.717) is 11.4 Å². The monoisotopic (exact) mass is 260 g/mol. The molecule has 0 aliphatic rings. The Bertz CT molecular complexity index is 517. The van der Waals surface area contributed by atoms with E-state index in [1.54, 1.807) is 6.92 Å². The van der Waals surface area contributed by atoms with E-state index in [-0.39, 0.29) is 11.9 Å². The molecule has 1 atom stereocenters. The Morgan fingerprint density at radius 2 is 2.00 bits per heavy atom. The van der Waals surface area contributed by atoms with E-state index in [1.807, 2.05) is 33.8 Å². The molecule has 0 aromatic carbocycles. The average molecular weight is 260 g/mol. The molecule has 2 N–H and O–H groups in total. The number of nitrogens with zero attached hydrogens (tertiary/aromatic N) is 2. The normalized spacial score (nSPS) is 11.8. The molecule has 1 rings (SSSR count). The molecule has 0 spiro atoms. The molecule has 5 nitrogen and oxygen atoms in total. The molecule has 5 heteroatoms. The van der Waals surface area contributed by atoms with E-state index in [1.165, 1.54) is 0 Å². The fraction of sp³-hybridized carbons (Fsp3) is 0.500. The minimum Gasteiger partial charge on any atom is -0.358 e. The van der Waals surface area contributed by atoms with Crippen LogP contribution in [0.15, 0.2) is 6.07 Å². The molecule has 1 aromatic rings. The number of rotatable bonds is 4. The van der Waals surface area contributed by atoms with E-state index in [4.69, 9.17) is 5.26 Å². The number of aryl methyl sites for hydroxylation is 2. The van der Waals surface area contributed by atoms with Gasteiger partial charge in [0.25, 0.3) is 0 Å². The molecule has 19 heavy (non-hydrogen) atoms. The highest BCUT2D eigenvalue weighted by atomic mass is 16.2. The van der Waals surface area contributed by atoms with E-state index in [9.17, 15) is 4.79 Å².